The number of hydrogen-bond donors (Lipinski definition) is 1. The molecule has 1 aromatic rings. The van der Waals surface area contributed by atoms with E-state index in [0.29, 0.717) is 6.08 Å². The summed E-state index contributed by atoms with van der Waals surface area (Å²) >= 11 is 0. The average Bonchev–Trinajstić information content (AvgIpc) is 2.18. The smallest absolute Gasteiger partial charge is 0.206 e. The largest absolute Gasteiger partial charge is 0.546 e. The molecule has 92 valence electrons. The number of rotatable bonds is 3. The minimum absolute atomic E-state index is 0.291. The second-order valence-electron chi connectivity index (χ2n) is 3.16. The molecule has 1 unspecified atom stereocenters. The van der Waals surface area contributed by atoms with Gasteiger partial charge in [-0.1, -0.05) is 12.1 Å². The molecule has 0 aliphatic rings. The number of halogens is 4. The summed E-state index contributed by atoms with van der Waals surface area (Å²) in [7, 11) is -3.04. The summed E-state index contributed by atoms with van der Waals surface area (Å²) in [5.74, 6) is -0.835. The zero-order chi connectivity index (χ0) is 13.1. The fraction of sp³-hybridized carbons (Fsp3) is 0.200. The van der Waals surface area contributed by atoms with Crippen LogP contribution in [0.5, 0.6) is 0 Å². The molecule has 0 aliphatic carbocycles. The standard InChI is InChI=1S/C10H7F4O2P/c11-8-4-2-1-3-7(8)9(17(15)16)5-6-10(12,13)14/h1-5H,6H2/p+1. The Labute approximate surface area is 95.4 Å². The summed E-state index contributed by atoms with van der Waals surface area (Å²) in [6.45, 7) is 0. The normalized spacial score (nSPS) is 13.7. The topological polar surface area (TPSA) is 37.3 Å². The fourth-order valence-corrected chi connectivity index (χ4v) is 1.81. The average molecular weight is 267 g/mol. The van der Waals surface area contributed by atoms with Crippen LogP contribution in [0.15, 0.2) is 30.3 Å². The maximum atomic E-state index is 13.3. The molecule has 1 aromatic carbocycles. The van der Waals surface area contributed by atoms with Gasteiger partial charge in [0.1, 0.15) is 5.82 Å². The van der Waals surface area contributed by atoms with Crippen LogP contribution in [0.1, 0.15) is 12.0 Å². The summed E-state index contributed by atoms with van der Waals surface area (Å²) in [5.41, 5.74) is -0.291. The fourth-order valence-electron chi connectivity index (χ4n) is 1.17. The molecule has 1 N–H and O–H groups in total. The molecule has 0 fully saturated rings. The molecular formula is C10H8F4O2P+. The van der Waals surface area contributed by atoms with Gasteiger partial charge in [-0.3, -0.25) is 0 Å². The number of alkyl halides is 3. The summed E-state index contributed by atoms with van der Waals surface area (Å²) in [6, 6.07) is 4.87. The third-order valence-electron chi connectivity index (χ3n) is 1.88. The first-order valence-corrected chi connectivity index (χ1v) is 5.70. The van der Waals surface area contributed by atoms with Gasteiger partial charge in [-0.25, -0.2) is 4.39 Å². The minimum Gasteiger partial charge on any atom is -0.206 e. The third-order valence-corrected chi connectivity index (χ3v) is 2.72. The second-order valence-corrected chi connectivity index (χ2v) is 4.19. The number of allylic oxidation sites excluding steroid dienone is 1. The van der Waals surface area contributed by atoms with E-state index >= 15 is 0 Å². The van der Waals surface area contributed by atoms with E-state index < -0.39 is 31.8 Å². The van der Waals surface area contributed by atoms with E-state index in [0.717, 1.165) is 12.1 Å². The summed E-state index contributed by atoms with van der Waals surface area (Å²) < 4.78 is 60.1. The van der Waals surface area contributed by atoms with Gasteiger partial charge in [-0.2, -0.15) is 18.1 Å². The van der Waals surface area contributed by atoms with Crippen LogP contribution in [0.2, 0.25) is 0 Å². The van der Waals surface area contributed by atoms with E-state index in [-0.39, 0.29) is 5.56 Å². The van der Waals surface area contributed by atoms with Crippen LogP contribution in [0.25, 0.3) is 5.31 Å². The van der Waals surface area contributed by atoms with Crippen molar-refractivity contribution in [3.8, 4) is 0 Å². The number of benzene rings is 1. The van der Waals surface area contributed by atoms with Crippen molar-refractivity contribution < 1.29 is 27.0 Å². The molecule has 0 saturated heterocycles. The van der Waals surface area contributed by atoms with Crippen LogP contribution in [0.4, 0.5) is 17.6 Å². The first kappa shape index (κ1) is 13.8. The predicted octanol–water partition coefficient (Wildman–Crippen LogP) is 3.85. The van der Waals surface area contributed by atoms with E-state index in [2.05, 4.69) is 0 Å². The van der Waals surface area contributed by atoms with E-state index in [9.17, 15) is 22.1 Å². The Balaban J connectivity index is 3.11. The zero-order valence-electron chi connectivity index (χ0n) is 8.41. The van der Waals surface area contributed by atoms with Crippen LogP contribution in [0.3, 0.4) is 0 Å². The van der Waals surface area contributed by atoms with E-state index in [1.807, 2.05) is 0 Å². The van der Waals surface area contributed by atoms with Gasteiger partial charge in [-0.05, 0) is 22.8 Å². The number of hydrogen-bond acceptors (Lipinski definition) is 1. The molecule has 0 heterocycles. The maximum Gasteiger partial charge on any atom is 0.546 e. The summed E-state index contributed by atoms with van der Waals surface area (Å²) in [6.07, 6.45) is -5.35. The monoisotopic (exact) mass is 267 g/mol. The van der Waals surface area contributed by atoms with Crippen molar-refractivity contribution in [2.75, 3.05) is 0 Å². The molecule has 0 saturated carbocycles. The molecule has 1 atom stereocenters. The molecule has 0 radical (unpaired) electrons. The van der Waals surface area contributed by atoms with Crippen LogP contribution in [0, 0.1) is 5.82 Å². The van der Waals surface area contributed by atoms with Gasteiger partial charge in [0, 0.05) is 0 Å². The van der Waals surface area contributed by atoms with Gasteiger partial charge in [0.2, 0.25) is 5.31 Å². The highest BCUT2D eigenvalue weighted by Crippen LogP contribution is 2.39. The van der Waals surface area contributed by atoms with Gasteiger partial charge in [0.25, 0.3) is 0 Å². The Morgan fingerprint density at radius 1 is 1.35 bits per heavy atom. The van der Waals surface area contributed by atoms with Gasteiger partial charge in [0.15, 0.2) is 0 Å². The van der Waals surface area contributed by atoms with E-state index in [4.69, 9.17) is 4.89 Å². The Kier molecular flexibility index (Phi) is 4.37. The zero-order valence-corrected chi connectivity index (χ0v) is 9.30. The lowest BCUT2D eigenvalue weighted by Gasteiger charge is -2.01. The SMILES string of the molecule is O=[P+](O)C(=CCC(F)(F)F)c1ccccc1F. The maximum absolute atomic E-state index is 13.3. The van der Waals surface area contributed by atoms with Crippen molar-refractivity contribution in [1.29, 1.82) is 0 Å². The van der Waals surface area contributed by atoms with E-state index in [1.54, 1.807) is 0 Å². The molecule has 7 heteroatoms. The van der Waals surface area contributed by atoms with Gasteiger partial charge in [-0.15, -0.1) is 0 Å². The van der Waals surface area contributed by atoms with Crippen molar-refractivity contribution in [1.82, 2.24) is 0 Å². The molecule has 1 rings (SSSR count). The van der Waals surface area contributed by atoms with E-state index in [1.165, 1.54) is 12.1 Å². The predicted molar refractivity (Wildman–Crippen MR) is 54.9 cm³/mol. The summed E-state index contributed by atoms with van der Waals surface area (Å²) in [4.78, 5) is 8.89. The Morgan fingerprint density at radius 3 is 2.41 bits per heavy atom. The lowest BCUT2D eigenvalue weighted by molar-refractivity contribution is -0.124. The Bertz CT molecular complexity index is 454. The quantitative estimate of drug-likeness (QED) is 0.667. The second kappa shape index (κ2) is 5.38. The van der Waals surface area contributed by atoms with Crippen molar-refractivity contribution in [2.24, 2.45) is 0 Å². The highest BCUT2D eigenvalue weighted by molar-refractivity contribution is 7.50. The van der Waals surface area contributed by atoms with Gasteiger partial charge >= 0.3 is 14.2 Å². The van der Waals surface area contributed by atoms with Crippen LogP contribution < -0.4 is 0 Å². The molecule has 17 heavy (non-hydrogen) atoms. The first-order chi connectivity index (χ1) is 7.81. The molecule has 0 amide bonds. The molecule has 2 nitrogen and oxygen atoms in total. The molecule has 0 bridgehead atoms. The molecule has 0 aromatic heterocycles. The third kappa shape index (κ3) is 4.24. The summed E-state index contributed by atoms with van der Waals surface area (Å²) in [5, 5.41) is -0.546. The molecule has 0 spiro atoms. The minimum atomic E-state index is -4.50. The molecular weight excluding hydrogens is 259 g/mol. The molecule has 0 aliphatic heterocycles. The van der Waals surface area contributed by atoms with Crippen molar-refractivity contribution in [2.45, 2.75) is 12.6 Å². The Morgan fingerprint density at radius 2 is 1.94 bits per heavy atom. The first-order valence-electron chi connectivity index (χ1n) is 4.49. The van der Waals surface area contributed by atoms with Crippen molar-refractivity contribution in [3.63, 3.8) is 0 Å². The lowest BCUT2D eigenvalue weighted by atomic mass is 10.2. The highest BCUT2D eigenvalue weighted by Gasteiger charge is 2.31. The van der Waals surface area contributed by atoms with Crippen LogP contribution in [-0.2, 0) is 4.57 Å². The van der Waals surface area contributed by atoms with Crippen molar-refractivity contribution in [3.05, 3.63) is 41.7 Å². The highest BCUT2D eigenvalue weighted by atomic mass is 31.1. The lowest BCUT2D eigenvalue weighted by Crippen LogP contribution is -2.04. The van der Waals surface area contributed by atoms with Crippen LogP contribution >= 0.6 is 8.03 Å². The van der Waals surface area contributed by atoms with Gasteiger partial charge in [0.05, 0.1) is 12.0 Å². The van der Waals surface area contributed by atoms with Gasteiger partial charge < -0.3 is 0 Å². The van der Waals surface area contributed by atoms with Crippen molar-refractivity contribution >= 4 is 13.3 Å². The Hall–Kier alpha value is -1.26. The van der Waals surface area contributed by atoms with Crippen LogP contribution in [-0.4, -0.2) is 11.1 Å².